The van der Waals surface area contributed by atoms with Crippen molar-refractivity contribution in [2.45, 2.75) is 19.3 Å². The van der Waals surface area contributed by atoms with Gasteiger partial charge in [-0.2, -0.15) is 0 Å². The predicted octanol–water partition coefficient (Wildman–Crippen LogP) is 5.13. The first-order chi connectivity index (χ1) is 10.4. The van der Waals surface area contributed by atoms with Crippen LogP contribution >= 0.6 is 0 Å². The molecule has 3 heteroatoms. The highest BCUT2D eigenvalue weighted by atomic mass is 19.2. The van der Waals surface area contributed by atoms with E-state index in [0.29, 0.717) is 10.9 Å². The summed E-state index contributed by atoms with van der Waals surface area (Å²) in [4.78, 5) is 0. The minimum Gasteiger partial charge on any atom is -0.507 e. The van der Waals surface area contributed by atoms with E-state index in [4.69, 9.17) is 0 Å². The van der Waals surface area contributed by atoms with Gasteiger partial charge >= 0.3 is 0 Å². The SMILES string of the molecule is CC1(C)c2ccccc2-c2c1cc(O)c1ccc(F)c(F)c21. The molecule has 0 spiro atoms. The number of hydrogen-bond donors (Lipinski definition) is 1. The van der Waals surface area contributed by atoms with Crippen LogP contribution in [-0.4, -0.2) is 5.11 Å². The van der Waals surface area contributed by atoms with Crippen LogP contribution in [0.4, 0.5) is 8.78 Å². The Labute approximate surface area is 126 Å². The maximum Gasteiger partial charge on any atom is 0.167 e. The molecule has 0 heterocycles. The number of phenols is 1. The third-order valence-electron chi connectivity index (χ3n) is 4.71. The molecule has 0 saturated carbocycles. The molecular weight excluding hydrogens is 282 g/mol. The molecule has 22 heavy (non-hydrogen) atoms. The van der Waals surface area contributed by atoms with Crippen molar-refractivity contribution in [3.05, 3.63) is 65.2 Å². The molecule has 110 valence electrons. The highest BCUT2D eigenvalue weighted by molar-refractivity contribution is 6.05. The van der Waals surface area contributed by atoms with Crippen molar-refractivity contribution in [1.82, 2.24) is 0 Å². The number of phenolic OH excluding ortho intramolecular Hbond substituents is 1. The lowest BCUT2D eigenvalue weighted by atomic mass is 9.82. The van der Waals surface area contributed by atoms with Crippen LogP contribution in [0.2, 0.25) is 0 Å². The molecule has 0 radical (unpaired) electrons. The fourth-order valence-corrected chi connectivity index (χ4v) is 3.59. The van der Waals surface area contributed by atoms with Crippen molar-refractivity contribution in [2.75, 3.05) is 0 Å². The van der Waals surface area contributed by atoms with E-state index in [1.807, 2.05) is 38.1 Å². The van der Waals surface area contributed by atoms with Gasteiger partial charge in [-0.1, -0.05) is 38.1 Å². The molecule has 1 nitrogen and oxygen atoms in total. The maximum atomic E-state index is 14.5. The first-order valence-electron chi connectivity index (χ1n) is 7.17. The summed E-state index contributed by atoms with van der Waals surface area (Å²) in [5.74, 6) is -1.83. The van der Waals surface area contributed by atoms with E-state index in [1.54, 1.807) is 6.07 Å². The zero-order valence-electron chi connectivity index (χ0n) is 12.2. The molecule has 0 aromatic heterocycles. The van der Waals surface area contributed by atoms with Gasteiger partial charge in [0.25, 0.3) is 0 Å². The largest absolute Gasteiger partial charge is 0.507 e. The van der Waals surface area contributed by atoms with Crippen LogP contribution in [0.5, 0.6) is 5.75 Å². The summed E-state index contributed by atoms with van der Waals surface area (Å²) in [6, 6.07) is 11.9. The summed E-state index contributed by atoms with van der Waals surface area (Å²) in [5, 5.41) is 10.8. The average Bonchev–Trinajstić information content (AvgIpc) is 2.72. The van der Waals surface area contributed by atoms with E-state index < -0.39 is 11.6 Å². The Morgan fingerprint density at radius 1 is 0.955 bits per heavy atom. The Morgan fingerprint density at radius 3 is 2.45 bits per heavy atom. The summed E-state index contributed by atoms with van der Waals surface area (Å²) in [7, 11) is 0. The normalized spacial score (nSPS) is 14.9. The first-order valence-corrected chi connectivity index (χ1v) is 7.17. The van der Waals surface area contributed by atoms with E-state index in [-0.39, 0.29) is 16.6 Å². The van der Waals surface area contributed by atoms with E-state index in [1.165, 1.54) is 6.07 Å². The molecule has 1 N–H and O–H groups in total. The van der Waals surface area contributed by atoms with Crippen LogP contribution in [0.25, 0.3) is 21.9 Å². The monoisotopic (exact) mass is 296 g/mol. The summed E-state index contributed by atoms with van der Waals surface area (Å²) in [5.41, 5.74) is 3.10. The van der Waals surface area contributed by atoms with E-state index in [0.717, 1.165) is 22.8 Å². The molecule has 0 amide bonds. The quantitative estimate of drug-likeness (QED) is 0.609. The Bertz CT molecular complexity index is 942. The minimum absolute atomic E-state index is 0.0199. The molecule has 0 bridgehead atoms. The van der Waals surface area contributed by atoms with Gasteiger partial charge in [-0.15, -0.1) is 0 Å². The number of halogens is 2. The lowest BCUT2D eigenvalue weighted by molar-refractivity contribution is 0.478. The fraction of sp³-hybridized carbons (Fsp3) is 0.158. The van der Waals surface area contributed by atoms with Crippen LogP contribution in [0.15, 0.2) is 42.5 Å². The molecular formula is C19H14F2O. The van der Waals surface area contributed by atoms with Crippen molar-refractivity contribution in [2.24, 2.45) is 0 Å². The van der Waals surface area contributed by atoms with Gasteiger partial charge in [0.1, 0.15) is 5.75 Å². The van der Waals surface area contributed by atoms with Crippen LogP contribution in [0.3, 0.4) is 0 Å². The molecule has 0 fully saturated rings. The molecule has 1 aliphatic carbocycles. The van der Waals surface area contributed by atoms with E-state index in [2.05, 4.69) is 0 Å². The maximum absolute atomic E-state index is 14.5. The number of fused-ring (bicyclic) bond motifs is 5. The Morgan fingerprint density at radius 2 is 1.68 bits per heavy atom. The standard InChI is InChI=1S/C19H14F2O/c1-19(2)12-6-4-3-5-10(12)16-13(19)9-15(22)11-7-8-14(20)18(21)17(11)16/h3-9,22H,1-2H3. The highest BCUT2D eigenvalue weighted by Gasteiger charge is 2.37. The number of rotatable bonds is 0. The Balaban J connectivity index is 2.29. The predicted molar refractivity (Wildman–Crippen MR) is 83.1 cm³/mol. The molecule has 3 aromatic rings. The second-order valence-corrected chi connectivity index (χ2v) is 6.27. The topological polar surface area (TPSA) is 20.2 Å². The highest BCUT2D eigenvalue weighted by Crippen LogP contribution is 2.53. The molecule has 4 rings (SSSR count). The van der Waals surface area contributed by atoms with Crippen LogP contribution in [-0.2, 0) is 5.41 Å². The van der Waals surface area contributed by atoms with E-state index in [9.17, 15) is 13.9 Å². The van der Waals surface area contributed by atoms with Gasteiger partial charge in [0.2, 0.25) is 0 Å². The van der Waals surface area contributed by atoms with E-state index >= 15 is 0 Å². The number of aromatic hydroxyl groups is 1. The third-order valence-corrected chi connectivity index (χ3v) is 4.71. The Kier molecular flexibility index (Phi) is 2.45. The van der Waals surface area contributed by atoms with Crippen molar-refractivity contribution < 1.29 is 13.9 Å². The molecule has 0 saturated heterocycles. The van der Waals surface area contributed by atoms with Gasteiger partial charge in [-0.25, -0.2) is 8.78 Å². The van der Waals surface area contributed by atoms with Crippen molar-refractivity contribution >= 4 is 10.8 Å². The van der Waals surface area contributed by atoms with Gasteiger partial charge in [0.15, 0.2) is 11.6 Å². The molecule has 1 aliphatic rings. The zero-order valence-corrected chi connectivity index (χ0v) is 12.2. The molecule has 3 aromatic carbocycles. The fourth-order valence-electron chi connectivity index (χ4n) is 3.59. The van der Waals surface area contributed by atoms with Gasteiger partial charge in [0.05, 0.1) is 0 Å². The summed E-state index contributed by atoms with van der Waals surface area (Å²) >= 11 is 0. The Hall–Kier alpha value is -2.42. The van der Waals surface area contributed by atoms with Gasteiger partial charge in [0, 0.05) is 16.2 Å². The smallest absolute Gasteiger partial charge is 0.167 e. The van der Waals surface area contributed by atoms with Crippen molar-refractivity contribution in [3.8, 4) is 16.9 Å². The van der Waals surface area contributed by atoms with Gasteiger partial charge < -0.3 is 5.11 Å². The second-order valence-electron chi connectivity index (χ2n) is 6.27. The van der Waals surface area contributed by atoms with Gasteiger partial charge in [-0.3, -0.25) is 0 Å². The minimum atomic E-state index is -0.905. The molecule has 0 aliphatic heterocycles. The summed E-state index contributed by atoms with van der Waals surface area (Å²) in [6.07, 6.45) is 0. The van der Waals surface area contributed by atoms with Crippen LogP contribution in [0, 0.1) is 11.6 Å². The van der Waals surface area contributed by atoms with Crippen LogP contribution in [0.1, 0.15) is 25.0 Å². The molecule has 0 unspecified atom stereocenters. The van der Waals surface area contributed by atoms with Crippen molar-refractivity contribution in [3.63, 3.8) is 0 Å². The number of hydrogen-bond acceptors (Lipinski definition) is 1. The number of benzene rings is 3. The average molecular weight is 296 g/mol. The zero-order chi connectivity index (χ0) is 15.6. The van der Waals surface area contributed by atoms with Gasteiger partial charge in [-0.05, 0) is 40.5 Å². The first kappa shape index (κ1) is 13.3. The van der Waals surface area contributed by atoms with Crippen molar-refractivity contribution in [1.29, 1.82) is 0 Å². The summed E-state index contributed by atoms with van der Waals surface area (Å²) in [6.45, 7) is 4.06. The summed E-state index contributed by atoms with van der Waals surface area (Å²) < 4.78 is 28.3. The lowest BCUT2D eigenvalue weighted by Gasteiger charge is -2.22. The lowest BCUT2D eigenvalue weighted by Crippen LogP contribution is -2.14. The van der Waals surface area contributed by atoms with Crippen LogP contribution < -0.4 is 0 Å². The second kappa shape index (κ2) is 4.07. The molecule has 0 atom stereocenters. The third kappa shape index (κ3) is 1.46.